The van der Waals surface area contributed by atoms with Crippen LogP contribution in [-0.2, 0) is 4.74 Å². The Balaban J connectivity index is 2.39. The van der Waals surface area contributed by atoms with Gasteiger partial charge in [-0.1, -0.05) is 23.7 Å². The highest BCUT2D eigenvalue weighted by Crippen LogP contribution is 2.23. The molecule has 2 aromatic rings. The SMILES string of the molecule is CCOC=Cc1ccc2cncc(Cl)c2c1. The van der Waals surface area contributed by atoms with Crippen LogP contribution in [0.5, 0.6) is 0 Å². The van der Waals surface area contributed by atoms with Gasteiger partial charge in [0.05, 0.1) is 17.9 Å². The average molecular weight is 234 g/mol. The number of nitrogens with zero attached hydrogens (tertiary/aromatic N) is 1. The Morgan fingerprint density at radius 3 is 3.06 bits per heavy atom. The number of rotatable bonds is 3. The molecule has 0 atom stereocenters. The molecule has 0 bridgehead atoms. The van der Waals surface area contributed by atoms with E-state index in [1.165, 1.54) is 0 Å². The van der Waals surface area contributed by atoms with Gasteiger partial charge in [-0.05, 0) is 24.6 Å². The summed E-state index contributed by atoms with van der Waals surface area (Å²) in [5.41, 5.74) is 1.06. The Kier molecular flexibility index (Phi) is 3.42. The molecule has 0 spiro atoms. The van der Waals surface area contributed by atoms with Crippen LogP contribution in [0.4, 0.5) is 0 Å². The number of aromatic nitrogens is 1. The molecule has 0 saturated heterocycles. The first-order chi connectivity index (χ1) is 7.81. The molecular formula is C13H12ClNO. The van der Waals surface area contributed by atoms with Crippen LogP contribution in [0.25, 0.3) is 16.8 Å². The minimum absolute atomic E-state index is 0.671. The van der Waals surface area contributed by atoms with Crippen LogP contribution in [-0.4, -0.2) is 11.6 Å². The molecule has 1 aromatic carbocycles. The van der Waals surface area contributed by atoms with E-state index in [1.807, 2.05) is 31.2 Å². The Hall–Kier alpha value is -1.54. The summed E-state index contributed by atoms with van der Waals surface area (Å²) < 4.78 is 5.15. The smallest absolute Gasteiger partial charge is 0.0845 e. The van der Waals surface area contributed by atoms with Crippen LogP contribution in [0.2, 0.25) is 5.02 Å². The second-order valence-electron chi connectivity index (χ2n) is 3.36. The number of hydrogen-bond acceptors (Lipinski definition) is 2. The standard InChI is InChI=1S/C13H12ClNO/c1-2-16-6-5-10-3-4-11-8-15-9-13(14)12(11)7-10/h3-9H,2H2,1H3. The van der Waals surface area contributed by atoms with Crippen molar-refractivity contribution in [3.05, 3.63) is 47.4 Å². The van der Waals surface area contributed by atoms with E-state index >= 15 is 0 Å². The molecule has 0 aliphatic heterocycles. The van der Waals surface area contributed by atoms with E-state index in [0.29, 0.717) is 11.6 Å². The molecule has 0 N–H and O–H groups in total. The maximum absolute atomic E-state index is 6.07. The fraction of sp³-hybridized carbons (Fsp3) is 0.154. The minimum atomic E-state index is 0.671. The topological polar surface area (TPSA) is 22.1 Å². The zero-order valence-corrected chi connectivity index (χ0v) is 9.74. The van der Waals surface area contributed by atoms with Crippen molar-refractivity contribution in [2.75, 3.05) is 6.61 Å². The van der Waals surface area contributed by atoms with Gasteiger partial charge in [0, 0.05) is 23.2 Å². The molecule has 1 aromatic heterocycles. The van der Waals surface area contributed by atoms with Crippen molar-refractivity contribution in [2.24, 2.45) is 0 Å². The summed E-state index contributed by atoms with van der Waals surface area (Å²) in [6, 6.07) is 6.03. The third-order valence-corrected chi connectivity index (χ3v) is 2.56. The predicted octanol–water partition coefficient (Wildman–Crippen LogP) is 3.90. The maximum atomic E-state index is 6.07. The van der Waals surface area contributed by atoms with E-state index < -0.39 is 0 Å². The lowest BCUT2D eigenvalue weighted by atomic mass is 10.1. The van der Waals surface area contributed by atoms with Crippen LogP contribution < -0.4 is 0 Å². The third kappa shape index (κ3) is 2.34. The molecule has 0 unspecified atom stereocenters. The van der Waals surface area contributed by atoms with Gasteiger partial charge in [-0.2, -0.15) is 0 Å². The molecule has 0 amide bonds. The first-order valence-electron chi connectivity index (χ1n) is 5.12. The van der Waals surface area contributed by atoms with Crippen LogP contribution >= 0.6 is 11.6 Å². The van der Waals surface area contributed by atoms with Crippen LogP contribution in [0, 0.1) is 0 Å². The molecule has 0 saturated carbocycles. The Labute approximate surface area is 99.5 Å². The third-order valence-electron chi connectivity index (χ3n) is 2.26. The van der Waals surface area contributed by atoms with Gasteiger partial charge in [-0.25, -0.2) is 0 Å². The zero-order chi connectivity index (χ0) is 11.4. The van der Waals surface area contributed by atoms with Crippen molar-refractivity contribution >= 4 is 28.4 Å². The van der Waals surface area contributed by atoms with Crippen LogP contribution in [0.15, 0.2) is 36.9 Å². The molecule has 2 rings (SSSR count). The van der Waals surface area contributed by atoms with E-state index in [2.05, 4.69) is 4.98 Å². The van der Waals surface area contributed by atoms with E-state index in [-0.39, 0.29) is 0 Å². The lowest BCUT2D eigenvalue weighted by Crippen LogP contribution is -1.81. The summed E-state index contributed by atoms with van der Waals surface area (Å²) in [6.45, 7) is 2.63. The van der Waals surface area contributed by atoms with Gasteiger partial charge in [0.15, 0.2) is 0 Å². The zero-order valence-electron chi connectivity index (χ0n) is 8.98. The molecule has 0 aliphatic carbocycles. The number of ether oxygens (including phenoxy) is 1. The molecule has 0 radical (unpaired) electrons. The van der Waals surface area contributed by atoms with Crippen molar-refractivity contribution in [1.29, 1.82) is 0 Å². The van der Waals surface area contributed by atoms with Crippen molar-refractivity contribution < 1.29 is 4.74 Å². The molecule has 1 heterocycles. The second-order valence-corrected chi connectivity index (χ2v) is 3.77. The average Bonchev–Trinajstić information content (AvgIpc) is 2.30. The Morgan fingerprint density at radius 1 is 1.38 bits per heavy atom. The predicted molar refractivity (Wildman–Crippen MR) is 67.4 cm³/mol. The lowest BCUT2D eigenvalue weighted by molar-refractivity contribution is 0.272. The van der Waals surface area contributed by atoms with E-state index in [4.69, 9.17) is 16.3 Å². The fourth-order valence-electron chi connectivity index (χ4n) is 1.47. The van der Waals surface area contributed by atoms with E-state index in [0.717, 1.165) is 16.3 Å². The number of fused-ring (bicyclic) bond motifs is 1. The van der Waals surface area contributed by atoms with Gasteiger partial charge < -0.3 is 4.74 Å². The van der Waals surface area contributed by atoms with Crippen molar-refractivity contribution in [3.63, 3.8) is 0 Å². The Bertz CT molecular complexity index is 522. The highest BCUT2D eigenvalue weighted by atomic mass is 35.5. The van der Waals surface area contributed by atoms with Crippen molar-refractivity contribution in [3.8, 4) is 0 Å². The Morgan fingerprint density at radius 2 is 2.25 bits per heavy atom. The maximum Gasteiger partial charge on any atom is 0.0845 e. The van der Waals surface area contributed by atoms with Gasteiger partial charge in [0.1, 0.15) is 0 Å². The number of halogens is 1. The largest absolute Gasteiger partial charge is 0.501 e. The minimum Gasteiger partial charge on any atom is -0.501 e. The highest BCUT2D eigenvalue weighted by molar-refractivity contribution is 6.35. The molecule has 0 aliphatic rings. The van der Waals surface area contributed by atoms with E-state index in [9.17, 15) is 0 Å². The van der Waals surface area contributed by atoms with Gasteiger partial charge >= 0.3 is 0 Å². The molecule has 2 nitrogen and oxygen atoms in total. The van der Waals surface area contributed by atoms with Crippen molar-refractivity contribution in [1.82, 2.24) is 4.98 Å². The summed E-state index contributed by atoms with van der Waals surface area (Å²) in [4.78, 5) is 4.04. The normalized spacial score (nSPS) is 11.1. The highest BCUT2D eigenvalue weighted by Gasteiger charge is 1.99. The number of pyridine rings is 1. The van der Waals surface area contributed by atoms with Gasteiger partial charge in [0.2, 0.25) is 0 Å². The van der Waals surface area contributed by atoms with Gasteiger partial charge in [0.25, 0.3) is 0 Å². The number of benzene rings is 1. The van der Waals surface area contributed by atoms with Gasteiger partial charge in [-0.15, -0.1) is 0 Å². The summed E-state index contributed by atoms with van der Waals surface area (Å²) in [7, 11) is 0. The molecule has 0 fully saturated rings. The monoisotopic (exact) mass is 233 g/mol. The molecule has 16 heavy (non-hydrogen) atoms. The van der Waals surface area contributed by atoms with Gasteiger partial charge in [-0.3, -0.25) is 4.98 Å². The quantitative estimate of drug-likeness (QED) is 0.751. The lowest BCUT2D eigenvalue weighted by Gasteiger charge is -2.01. The molecule has 3 heteroatoms. The first-order valence-corrected chi connectivity index (χ1v) is 5.50. The fourth-order valence-corrected chi connectivity index (χ4v) is 1.69. The second kappa shape index (κ2) is 4.99. The van der Waals surface area contributed by atoms with Crippen LogP contribution in [0.1, 0.15) is 12.5 Å². The first kappa shape index (κ1) is 11.0. The van der Waals surface area contributed by atoms with Crippen molar-refractivity contribution in [2.45, 2.75) is 6.92 Å². The molecule has 82 valence electrons. The number of hydrogen-bond donors (Lipinski definition) is 0. The molecular weight excluding hydrogens is 222 g/mol. The summed E-state index contributed by atoms with van der Waals surface area (Å²) in [5.74, 6) is 0. The summed E-state index contributed by atoms with van der Waals surface area (Å²) in [6.07, 6.45) is 7.06. The van der Waals surface area contributed by atoms with Crippen LogP contribution in [0.3, 0.4) is 0 Å². The summed E-state index contributed by atoms with van der Waals surface area (Å²) >= 11 is 6.07. The van der Waals surface area contributed by atoms with E-state index in [1.54, 1.807) is 18.7 Å². The summed E-state index contributed by atoms with van der Waals surface area (Å²) in [5, 5.41) is 2.72.